The highest BCUT2D eigenvalue weighted by atomic mass is 32.2. The minimum atomic E-state index is -0.329. The molecule has 5 rings (SSSR count). The molecule has 7 nitrogen and oxygen atoms in total. The molecular formula is C28H24N4O3S. The number of rotatable bonds is 4. The van der Waals surface area contributed by atoms with Crippen molar-refractivity contribution in [2.45, 2.75) is 6.92 Å². The molecule has 2 amide bonds. The largest absolute Gasteiger partial charge is 0.459 e. The van der Waals surface area contributed by atoms with E-state index in [0.717, 1.165) is 22.5 Å². The first kappa shape index (κ1) is 23.5. The number of amides is 2. The number of thioether (sulfide) groups is 1. The highest BCUT2D eigenvalue weighted by Gasteiger charge is 2.33. The molecule has 3 aromatic rings. The van der Waals surface area contributed by atoms with E-state index < -0.39 is 0 Å². The zero-order chi connectivity index (χ0) is 25.1. The summed E-state index contributed by atoms with van der Waals surface area (Å²) in [5.41, 5.74) is 4.00. The van der Waals surface area contributed by atoms with E-state index in [4.69, 9.17) is 4.42 Å². The Morgan fingerprint density at radius 2 is 1.61 bits per heavy atom. The molecule has 8 heteroatoms. The lowest BCUT2D eigenvalue weighted by molar-refractivity contribution is -0.128. The molecule has 1 fully saturated rings. The van der Waals surface area contributed by atoms with Gasteiger partial charge in [0.05, 0.1) is 12.0 Å². The van der Waals surface area contributed by atoms with Crippen LogP contribution >= 0.6 is 11.8 Å². The van der Waals surface area contributed by atoms with Gasteiger partial charge in [-0.15, -0.1) is 0 Å². The van der Waals surface area contributed by atoms with Crippen LogP contribution in [0.25, 0.3) is 5.70 Å². The first-order valence-electron chi connectivity index (χ1n) is 11.6. The summed E-state index contributed by atoms with van der Waals surface area (Å²) in [6, 6.07) is 23.4. The Labute approximate surface area is 213 Å². The second-order valence-electron chi connectivity index (χ2n) is 8.51. The first-order chi connectivity index (χ1) is 17.6. The van der Waals surface area contributed by atoms with Gasteiger partial charge in [0, 0.05) is 37.3 Å². The molecule has 0 radical (unpaired) electrons. The van der Waals surface area contributed by atoms with E-state index in [1.54, 1.807) is 21.9 Å². The lowest BCUT2D eigenvalue weighted by Crippen LogP contribution is -2.51. The molecule has 0 saturated carbocycles. The van der Waals surface area contributed by atoms with Crippen molar-refractivity contribution in [2.24, 2.45) is 0 Å². The van der Waals surface area contributed by atoms with Crippen LogP contribution in [0.3, 0.4) is 0 Å². The maximum Gasteiger partial charge on any atom is 0.289 e. The van der Waals surface area contributed by atoms with Crippen molar-refractivity contribution in [1.29, 1.82) is 5.26 Å². The minimum absolute atomic E-state index is 0.0913. The predicted molar refractivity (Wildman–Crippen MR) is 139 cm³/mol. The normalized spacial score (nSPS) is 17.0. The number of anilines is 1. The smallest absolute Gasteiger partial charge is 0.289 e. The summed E-state index contributed by atoms with van der Waals surface area (Å²) in [5.74, 6) is -0.241. The molecule has 1 saturated heterocycles. The lowest BCUT2D eigenvalue weighted by Gasteiger charge is -2.34. The summed E-state index contributed by atoms with van der Waals surface area (Å²) in [4.78, 5) is 31.4. The molecule has 3 heterocycles. The molecule has 180 valence electrons. The van der Waals surface area contributed by atoms with E-state index in [0.29, 0.717) is 31.2 Å². The van der Waals surface area contributed by atoms with Gasteiger partial charge in [0.1, 0.15) is 16.7 Å². The van der Waals surface area contributed by atoms with Gasteiger partial charge in [0.25, 0.3) is 11.8 Å². The zero-order valence-electron chi connectivity index (χ0n) is 19.8. The minimum Gasteiger partial charge on any atom is -0.459 e. The van der Waals surface area contributed by atoms with Crippen LogP contribution in [-0.2, 0) is 4.79 Å². The Morgan fingerprint density at radius 1 is 0.917 bits per heavy atom. The molecular weight excluding hydrogens is 472 g/mol. The van der Waals surface area contributed by atoms with Crippen molar-refractivity contribution in [1.82, 2.24) is 9.80 Å². The molecule has 0 atom stereocenters. The third kappa shape index (κ3) is 4.53. The third-order valence-corrected chi connectivity index (χ3v) is 7.16. The van der Waals surface area contributed by atoms with Gasteiger partial charge in [-0.05, 0) is 36.8 Å². The van der Waals surface area contributed by atoms with Crippen LogP contribution in [0.2, 0.25) is 0 Å². The van der Waals surface area contributed by atoms with E-state index in [2.05, 4.69) is 6.07 Å². The Kier molecular flexibility index (Phi) is 6.65. The van der Waals surface area contributed by atoms with Crippen LogP contribution in [0.4, 0.5) is 5.69 Å². The summed E-state index contributed by atoms with van der Waals surface area (Å²) in [6.07, 6.45) is 1.47. The quantitative estimate of drug-likeness (QED) is 0.379. The third-order valence-electron chi connectivity index (χ3n) is 6.21. The van der Waals surface area contributed by atoms with Crippen molar-refractivity contribution in [2.75, 3.05) is 31.1 Å². The van der Waals surface area contributed by atoms with Crippen molar-refractivity contribution in [3.05, 3.63) is 106 Å². The van der Waals surface area contributed by atoms with Gasteiger partial charge in [-0.1, -0.05) is 59.8 Å². The van der Waals surface area contributed by atoms with E-state index in [9.17, 15) is 14.9 Å². The van der Waals surface area contributed by atoms with Crippen LogP contribution in [0, 0.1) is 18.3 Å². The molecule has 2 aliphatic rings. The highest BCUT2D eigenvalue weighted by molar-refractivity contribution is 8.06. The number of carbonyl (C=O) groups is 2. The van der Waals surface area contributed by atoms with E-state index in [1.807, 2.05) is 71.8 Å². The monoisotopic (exact) mass is 496 g/mol. The van der Waals surface area contributed by atoms with Gasteiger partial charge >= 0.3 is 0 Å². The number of hydrogen-bond acceptors (Lipinski definition) is 6. The van der Waals surface area contributed by atoms with Crippen molar-refractivity contribution in [3.8, 4) is 6.07 Å². The molecule has 1 aromatic heterocycles. The van der Waals surface area contributed by atoms with Crippen LogP contribution < -0.4 is 4.90 Å². The SMILES string of the molecule is Cc1ccc(N2C(c3ccccc3)=CS/C2=C(/C#N)C(=O)N2CCN(C(=O)c3ccco3)CC2)cc1. The Balaban J connectivity index is 1.42. The van der Waals surface area contributed by atoms with Crippen LogP contribution in [-0.4, -0.2) is 47.8 Å². The fraction of sp³-hybridized carbons (Fsp3) is 0.179. The fourth-order valence-corrected chi connectivity index (χ4v) is 5.29. The number of nitrogens with zero attached hydrogens (tertiary/aromatic N) is 4. The second-order valence-corrected chi connectivity index (χ2v) is 9.37. The summed E-state index contributed by atoms with van der Waals surface area (Å²) in [6.45, 7) is 3.47. The van der Waals surface area contributed by atoms with E-state index in [-0.39, 0.29) is 23.1 Å². The second kappa shape index (κ2) is 10.2. The Hall–Kier alpha value is -4.22. The topological polar surface area (TPSA) is 80.8 Å². The van der Waals surface area contributed by atoms with Gasteiger partial charge in [-0.25, -0.2) is 0 Å². The predicted octanol–water partition coefficient (Wildman–Crippen LogP) is 4.86. The molecule has 0 N–H and O–H groups in total. The number of benzene rings is 2. The maximum atomic E-state index is 13.6. The van der Waals surface area contributed by atoms with Gasteiger partial charge < -0.3 is 19.1 Å². The molecule has 0 bridgehead atoms. The average Bonchev–Trinajstić information content (AvgIpc) is 3.61. The van der Waals surface area contributed by atoms with Gasteiger partial charge in [0.2, 0.25) is 0 Å². The molecule has 0 aliphatic carbocycles. The highest BCUT2D eigenvalue weighted by Crippen LogP contribution is 2.44. The maximum absolute atomic E-state index is 13.6. The Morgan fingerprint density at radius 3 is 2.25 bits per heavy atom. The Bertz CT molecular complexity index is 1360. The fourth-order valence-electron chi connectivity index (χ4n) is 4.27. The van der Waals surface area contributed by atoms with Crippen LogP contribution in [0.1, 0.15) is 21.7 Å². The van der Waals surface area contributed by atoms with Crippen LogP contribution in [0.15, 0.2) is 93.4 Å². The number of furan rings is 1. The van der Waals surface area contributed by atoms with Gasteiger partial charge in [-0.3, -0.25) is 9.59 Å². The van der Waals surface area contributed by atoms with Gasteiger partial charge in [0.15, 0.2) is 5.76 Å². The molecule has 0 spiro atoms. The molecule has 36 heavy (non-hydrogen) atoms. The summed E-state index contributed by atoms with van der Waals surface area (Å²) in [5, 5.41) is 12.7. The first-order valence-corrected chi connectivity index (χ1v) is 12.5. The zero-order valence-corrected chi connectivity index (χ0v) is 20.6. The summed E-state index contributed by atoms with van der Waals surface area (Å²) >= 11 is 1.38. The molecule has 2 aliphatic heterocycles. The number of aryl methyl sites for hydroxylation is 1. The van der Waals surface area contributed by atoms with E-state index in [1.165, 1.54) is 18.0 Å². The van der Waals surface area contributed by atoms with Crippen LogP contribution in [0.5, 0.6) is 0 Å². The summed E-state index contributed by atoms with van der Waals surface area (Å²) < 4.78 is 5.22. The molecule has 2 aromatic carbocycles. The number of piperazine rings is 1. The van der Waals surface area contributed by atoms with Crippen molar-refractivity contribution < 1.29 is 14.0 Å². The number of hydrogen-bond donors (Lipinski definition) is 0. The summed E-state index contributed by atoms with van der Waals surface area (Å²) in [7, 11) is 0. The number of nitriles is 1. The van der Waals surface area contributed by atoms with E-state index >= 15 is 0 Å². The lowest BCUT2D eigenvalue weighted by atomic mass is 10.1. The molecule has 0 unspecified atom stereocenters. The van der Waals surface area contributed by atoms with Crippen molar-refractivity contribution in [3.63, 3.8) is 0 Å². The van der Waals surface area contributed by atoms with Crippen molar-refractivity contribution >= 4 is 35.0 Å². The number of carbonyl (C=O) groups excluding carboxylic acids is 2. The standard InChI is InChI=1S/C28H24N4O3S/c1-20-9-11-22(12-10-20)32-24(21-6-3-2-4-7-21)19-36-28(32)23(18-29)26(33)30-13-15-31(16-14-30)27(34)25-8-5-17-35-25/h2-12,17,19H,13-16H2,1H3/b28-23-. The van der Waals surface area contributed by atoms with Gasteiger partial charge in [-0.2, -0.15) is 5.26 Å². The average molecular weight is 497 g/mol.